The summed E-state index contributed by atoms with van der Waals surface area (Å²) in [4.78, 5) is 25.2. The number of ketones is 1. The summed E-state index contributed by atoms with van der Waals surface area (Å²) in [6, 6.07) is 1.94. The molecule has 0 radical (unpaired) electrons. The van der Waals surface area contributed by atoms with Crippen LogP contribution in [0.25, 0.3) is 11.4 Å². The van der Waals surface area contributed by atoms with E-state index >= 15 is 0 Å². The first-order valence-corrected chi connectivity index (χ1v) is 7.12. The van der Waals surface area contributed by atoms with Gasteiger partial charge in [0.25, 0.3) is 0 Å². The molecule has 0 atom stereocenters. The molecule has 2 aromatic rings. The first kappa shape index (κ1) is 12.9. The topological polar surface area (TPSA) is 55.7 Å². The molecule has 2 heterocycles. The standard InChI is InChI=1S/C16H17N3O/c1-2-11-9-17-8-7-12(11)16-18-10-13-14(19-16)5-3-4-6-15(13)20/h7-10H,2-6H2,1H3. The molecule has 20 heavy (non-hydrogen) atoms. The van der Waals surface area contributed by atoms with Gasteiger partial charge in [0, 0.05) is 30.6 Å². The molecule has 0 saturated carbocycles. The molecule has 2 aromatic heterocycles. The molecule has 4 nitrogen and oxygen atoms in total. The average molecular weight is 267 g/mol. The lowest BCUT2D eigenvalue weighted by Crippen LogP contribution is -2.06. The summed E-state index contributed by atoms with van der Waals surface area (Å²) in [7, 11) is 0. The zero-order chi connectivity index (χ0) is 13.9. The van der Waals surface area contributed by atoms with Crippen LogP contribution in [0.3, 0.4) is 0 Å². The zero-order valence-corrected chi connectivity index (χ0v) is 11.6. The van der Waals surface area contributed by atoms with Crippen LogP contribution in [0.1, 0.15) is 47.8 Å². The van der Waals surface area contributed by atoms with E-state index in [1.807, 2.05) is 12.3 Å². The van der Waals surface area contributed by atoms with Gasteiger partial charge in [0.15, 0.2) is 11.6 Å². The summed E-state index contributed by atoms with van der Waals surface area (Å²) in [6.07, 6.45) is 9.65. The van der Waals surface area contributed by atoms with Crippen molar-refractivity contribution in [1.82, 2.24) is 15.0 Å². The third kappa shape index (κ3) is 2.33. The van der Waals surface area contributed by atoms with Crippen LogP contribution in [0.5, 0.6) is 0 Å². The van der Waals surface area contributed by atoms with Crippen molar-refractivity contribution in [3.63, 3.8) is 0 Å². The largest absolute Gasteiger partial charge is 0.294 e. The molecule has 0 amide bonds. The third-order valence-electron chi connectivity index (χ3n) is 3.76. The number of fused-ring (bicyclic) bond motifs is 1. The first-order valence-electron chi connectivity index (χ1n) is 7.12. The molecule has 102 valence electrons. The molecular formula is C16H17N3O. The van der Waals surface area contributed by atoms with E-state index in [0.717, 1.165) is 42.5 Å². The van der Waals surface area contributed by atoms with Crippen LogP contribution in [0.2, 0.25) is 0 Å². The predicted molar refractivity (Wildman–Crippen MR) is 76.5 cm³/mol. The number of pyridine rings is 1. The van der Waals surface area contributed by atoms with Gasteiger partial charge in [0.1, 0.15) is 0 Å². The van der Waals surface area contributed by atoms with Gasteiger partial charge in [-0.25, -0.2) is 9.97 Å². The van der Waals surface area contributed by atoms with Crippen molar-refractivity contribution >= 4 is 5.78 Å². The van der Waals surface area contributed by atoms with E-state index in [2.05, 4.69) is 21.9 Å². The average Bonchev–Trinajstić information content (AvgIpc) is 2.68. The number of nitrogens with zero attached hydrogens (tertiary/aromatic N) is 3. The lowest BCUT2D eigenvalue weighted by Gasteiger charge is -2.09. The van der Waals surface area contributed by atoms with Gasteiger partial charge < -0.3 is 0 Å². The van der Waals surface area contributed by atoms with E-state index < -0.39 is 0 Å². The number of aromatic nitrogens is 3. The highest BCUT2D eigenvalue weighted by atomic mass is 16.1. The Labute approximate surface area is 118 Å². The number of aryl methyl sites for hydroxylation is 2. The van der Waals surface area contributed by atoms with E-state index in [9.17, 15) is 4.79 Å². The molecule has 0 saturated heterocycles. The minimum atomic E-state index is 0.175. The van der Waals surface area contributed by atoms with Gasteiger partial charge in [-0.2, -0.15) is 0 Å². The molecule has 0 spiro atoms. The summed E-state index contributed by atoms with van der Waals surface area (Å²) >= 11 is 0. The van der Waals surface area contributed by atoms with Gasteiger partial charge in [-0.3, -0.25) is 9.78 Å². The molecule has 0 unspecified atom stereocenters. The number of carbonyl (C=O) groups is 1. The number of hydrogen-bond donors (Lipinski definition) is 0. The second-order valence-electron chi connectivity index (χ2n) is 5.07. The maximum Gasteiger partial charge on any atom is 0.166 e. The van der Waals surface area contributed by atoms with Gasteiger partial charge in [-0.15, -0.1) is 0 Å². The van der Waals surface area contributed by atoms with Crippen LogP contribution in [-0.4, -0.2) is 20.7 Å². The van der Waals surface area contributed by atoms with Crippen LogP contribution >= 0.6 is 0 Å². The van der Waals surface area contributed by atoms with Crippen LogP contribution in [0, 0.1) is 0 Å². The van der Waals surface area contributed by atoms with Crippen LogP contribution in [-0.2, 0) is 12.8 Å². The monoisotopic (exact) mass is 267 g/mol. The SMILES string of the molecule is CCc1cnccc1-c1ncc2c(n1)CCCCC2=O. The maximum absolute atomic E-state index is 12.0. The van der Waals surface area contributed by atoms with Gasteiger partial charge in [-0.05, 0) is 37.3 Å². The maximum atomic E-state index is 12.0. The van der Waals surface area contributed by atoms with Gasteiger partial charge in [0.2, 0.25) is 0 Å². The van der Waals surface area contributed by atoms with Crippen LogP contribution in [0.15, 0.2) is 24.7 Å². The fourth-order valence-electron chi connectivity index (χ4n) is 2.61. The fourth-order valence-corrected chi connectivity index (χ4v) is 2.61. The summed E-state index contributed by atoms with van der Waals surface area (Å²) < 4.78 is 0. The number of rotatable bonds is 2. The second kappa shape index (κ2) is 5.49. The molecule has 0 bridgehead atoms. The molecule has 1 aliphatic rings. The molecule has 0 aliphatic heterocycles. The Bertz CT molecular complexity index is 652. The van der Waals surface area contributed by atoms with Crippen LogP contribution < -0.4 is 0 Å². The quantitative estimate of drug-likeness (QED) is 0.785. The second-order valence-corrected chi connectivity index (χ2v) is 5.07. The highest BCUT2D eigenvalue weighted by Gasteiger charge is 2.18. The van der Waals surface area contributed by atoms with E-state index in [1.54, 1.807) is 12.4 Å². The van der Waals surface area contributed by atoms with E-state index in [4.69, 9.17) is 0 Å². The highest BCUT2D eigenvalue weighted by molar-refractivity contribution is 5.97. The minimum absolute atomic E-state index is 0.175. The summed E-state index contributed by atoms with van der Waals surface area (Å²) in [5.41, 5.74) is 3.75. The van der Waals surface area contributed by atoms with Gasteiger partial charge >= 0.3 is 0 Å². The number of carbonyl (C=O) groups excluding carboxylic acids is 1. The van der Waals surface area contributed by atoms with Crippen molar-refractivity contribution in [2.45, 2.75) is 39.0 Å². The van der Waals surface area contributed by atoms with E-state index in [-0.39, 0.29) is 5.78 Å². The molecule has 0 N–H and O–H groups in total. The van der Waals surface area contributed by atoms with Crippen molar-refractivity contribution in [2.24, 2.45) is 0 Å². The molecule has 0 fully saturated rings. The predicted octanol–water partition coefficient (Wildman–Crippen LogP) is 3.01. The normalized spacial score (nSPS) is 14.8. The molecule has 1 aliphatic carbocycles. The fraction of sp³-hybridized carbons (Fsp3) is 0.375. The summed E-state index contributed by atoms with van der Waals surface area (Å²) in [5, 5.41) is 0. The van der Waals surface area contributed by atoms with E-state index in [1.165, 1.54) is 0 Å². The summed E-state index contributed by atoms with van der Waals surface area (Å²) in [5.74, 6) is 0.882. The molecular weight excluding hydrogens is 250 g/mol. The number of hydrogen-bond acceptors (Lipinski definition) is 4. The Balaban J connectivity index is 2.08. The van der Waals surface area contributed by atoms with Crippen molar-refractivity contribution in [3.05, 3.63) is 41.5 Å². The Hall–Kier alpha value is -2.10. The number of Topliss-reactive ketones (excluding diaryl/α,β-unsaturated/α-hetero) is 1. The molecule has 3 rings (SSSR count). The van der Waals surface area contributed by atoms with Gasteiger partial charge in [0.05, 0.1) is 11.3 Å². The summed E-state index contributed by atoms with van der Waals surface area (Å²) in [6.45, 7) is 2.09. The highest BCUT2D eigenvalue weighted by Crippen LogP contribution is 2.24. The Morgan fingerprint density at radius 3 is 2.85 bits per heavy atom. The third-order valence-corrected chi connectivity index (χ3v) is 3.76. The van der Waals surface area contributed by atoms with Crippen molar-refractivity contribution in [3.8, 4) is 11.4 Å². The Kier molecular flexibility index (Phi) is 3.54. The van der Waals surface area contributed by atoms with Crippen molar-refractivity contribution in [1.29, 1.82) is 0 Å². The van der Waals surface area contributed by atoms with E-state index in [0.29, 0.717) is 17.8 Å². The van der Waals surface area contributed by atoms with Crippen molar-refractivity contribution < 1.29 is 4.79 Å². The Morgan fingerprint density at radius 2 is 2.00 bits per heavy atom. The lowest BCUT2D eigenvalue weighted by molar-refractivity contribution is 0.0981. The smallest absolute Gasteiger partial charge is 0.166 e. The first-order chi connectivity index (χ1) is 9.79. The minimum Gasteiger partial charge on any atom is -0.294 e. The zero-order valence-electron chi connectivity index (χ0n) is 11.6. The molecule has 4 heteroatoms. The van der Waals surface area contributed by atoms with Gasteiger partial charge in [-0.1, -0.05) is 6.92 Å². The van der Waals surface area contributed by atoms with Crippen molar-refractivity contribution in [2.75, 3.05) is 0 Å². The lowest BCUT2D eigenvalue weighted by atomic mass is 10.1. The van der Waals surface area contributed by atoms with Crippen LogP contribution in [0.4, 0.5) is 0 Å². The molecule has 0 aromatic carbocycles. The Morgan fingerprint density at radius 1 is 1.15 bits per heavy atom.